The molecule has 0 unspecified atom stereocenters. The van der Waals surface area contributed by atoms with Gasteiger partial charge < -0.3 is 5.32 Å². The van der Waals surface area contributed by atoms with Crippen molar-refractivity contribution >= 4 is 27.8 Å². The Labute approximate surface area is 150 Å². The fraction of sp³-hybridized carbons (Fsp3) is 0.118. The Morgan fingerprint density at radius 1 is 1.19 bits per heavy atom. The van der Waals surface area contributed by atoms with Crippen molar-refractivity contribution < 1.29 is 18.1 Å². The van der Waals surface area contributed by atoms with E-state index in [4.69, 9.17) is 0 Å². The van der Waals surface area contributed by atoms with Crippen LogP contribution in [-0.4, -0.2) is 9.91 Å². The third-order valence-corrected chi connectivity index (χ3v) is 4.48. The first-order valence-corrected chi connectivity index (χ1v) is 8.28. The number of halogens is 3. The molecule has 0 radical (unpaired) electrons. The molecule has 2 aromatic carbocycles. The minimum absolute atomic E-state index is 0.0112. The van der Waals surface area contributed by atoms with Crippen LogP contribution in [0.25, 0.3) is 11.3 Å². The van der Waals surface area contributed by atoms with Crippen molar-refractivity contribution in [2.24, 2.45) is 0 Å². The smallest absolute Gasteiger partial charge is 0.332 e. The Bertz CT molecular complexity index is 970. The van der Waals surface area contributed by atoms with E-state index in [0.717, 1.165) is 12.1 Å². The van der Waals surface area contributed by atoms with E-state index in [-0.39, 0.29) is 11.4 Å². The summed E-state index contributed by atoms with van der Waals surface area (Å²) in [6.45, 7) is 1.63. The summed E-state index contributed by atoms with van der Waals surface area (Å²) >= 11 is 1.20. The molecule has 0 atom stereocenters. The van der Waals surface area contributed by atoms with Crippen molar-refractivity contribution in [3.05, 3.63) is 69.1 Å². The average molecular weight is 379 g/mol. The second-order valence-electron chi connectivity index (χ2n) is 5.45. The summed E-state index contributed by atoms with van der Waals surface area (Å²) in [5.41, 5.74) is 1.10. The van der Waals surface area contributed by atoms with Crippen molar-refractivity contribution in [2.75, 3.05) is 5.32 Å². The SMILES string of the molecule is Cc1c(-c2csc(Nc3cccc(C(F)(F)F)c3)n2)cccc1[N+](=O)[O-]. The minimum Gasteiger partial charge on any atom is -0.332 e. The Morgan fingerprint density at radius 2 is 1.92 bits per heavy atom. The van der Waals surface area contributed by atoms with E-state index in [2.05, 4.69) is 10.3 Å². The van der Waals surface area contributed by atoms with Crippen LogP contribution in [0.2, 0.25) is 0 Å². The zero-order chi connectivity index (χ0) is 18.9. The van der Waals surface area contributed by atoms with E-state index in [1.165, 1.54) is 29.5 Å². The highest BCUT2D eigenvalue weighted by atomic mass is 32.1. The number of hydrogen-bond donors (Lipinski definition) is 1. The van der Waals surface area contributed by atoms with E-state index >= 15 is 0 Å². The van der Waals surface area contributed by atoms with Gasteiger partial charge in [0.1, 0.15) is 0 Å². The van der Waals surface area contributed by atoms with Crippen LogP contribution in [0.3, 0.4) is 0 Å². The van der Waals surface area contributed by atoms with Crippen LogP contribution in [0.1, 0.15) is 11.1 Å². The molecule has 3 rings (SSSR count). The standard InChI is InChI=1S/C17H12F3N3O2S/c1-10-13(6-3-7-15(10)23(24)25)14-9-26-16(22-14)21-12-5-2-4-11(8-12)17(18,19)20/h2-9H,1H3,(H,21,22). The number of rotatable bonds is 4. The maximum absolute atomic E-state index is 12.8. The molecule has 0 aliphatic rings. The number of nitro groups is 1. The normalized spacial score (nSPS) is 11.4. The maximum atomic E-state index is 12.8. The van der Waals surface area contributed by atoms with E-state index < -0.39 is 16.7 Å². The molecule has 0 amide bonds. The molecule has 1 heterocycles. The van der Waals surface area contributed by atoms with Gasteiger partial charge in [-0.05, 0) is 25.1 Å². The van der Waals surface area contributed by atoms with Gasteiger partial charge in [-0.1, -0.05) is 18.2 Å². The van der Waals surface area contributed by atoms with Crippen LogP contribution in [-0.2, 0) is 6.18 Å². The molecule has 26 heavy (non-hydrogen) atoms. The first kappa shape index (κ1) is 17.9. The number of nitrogens with one attached hydrogen (secondary N) is 1. The van der Waals surface area contributed by atoms with Crippen LogP contribution < -0.4 is 5.32 Å². The van der Waals surface area contributed by atoms with Crippen molar-refractivity contribution in [1.29, 1.82) is 0 Å². The maximum Gasteiger partial charge on any atom is 0.416 e. The molecule has 0 fully saturated rings. The summed E-state index contributed by atoms with van der Waals surface area (Å²) in [6, 6.07) is 9.50. The number of hydrogen-bond acceptors (Lipinski definition) is 5. The third kappa shape index (κ3) is 3.67. The number of thiazole rings is 1. The monoisotopic (exact) mass is 379 g/mol. The Balaban J connectivity index is 1.88. The Kier molecular flexibility index (Phi) is 4.64. The van der Waals surface area contributed by atoms with Gasteiger partial charge in [0, 0.05) is 28.3 Å². The third-order valence-electron chi connectivity index (χ3n) is 3.72. The van der Waals surface area contributed by atoms with Crippen LogP contribution in [0.5, 0.6) is 0 Å². The quantitative estimate of drug-likeness (QED) is 0.460. The summed E-state index contributed by atoms with van der Waals surface area (Å²) in [6.07, 6.45) is -4.42. The number of anilines is 2. The highest BCUT2D eigenvalue weighted by molar-refractivity contribution is 7.14. The number of nitrogens with zero attached hydrogens (tertiary/aromatic N) is 2. The fourth-order valence-electron chi connectivity index (χ4n) is 2.45. The van der Waals surface area contributed by atoms with Gasteiger partial charge in [0.25, 0.3) is 5.69 Å². The molecule has 0 saturated carbocycles. The van der Waals surface area contributed by atoms with Crippen molar-refractivity contribution in [3.8, 4) is 11.3 Å². The van der Waals surface area contributed by atoms with Crippen molar-refractivity contribution in [3.63, 3.8) is 0 Å². The van der Waals surface area contributed by atoms with Crippen molar-refractivity contribution in [1.82, 2.24) is 4.98 Å². The highest BCUT2D eigenvalue weighted by Gasteiger charge is 2.30. The lowest BCUT2D eigenvalue weighted by molar-refractivity contribution is -0.385. The zero-order valence-corrected chi connectivity index (χ0v) is 14.2. The predicted octanol–water partition coefficient (Wildman–Crippen LogP) is 5.79. The summed E-state index contributed by atoms with van der Waals surface area (Å²) in [4.78, 5) is 14.9. The fourth-order valence-corrected chi connectivity index (χ4v) is 3.18. The van der Waals surface area contributed by atoms with Gasteiger partial charge in [-0.2, -0.15) is 13.2 Å². The topological polar surface area (TPSA) is 68.1 Å². The van der Waals surface area contributed by atoms with Gasteiger partial charge in [0.05, 0.1) is 16.2 Å². The first-order chi connectivity index (χ1) is 12.3. The molecule has 9 heteroatoms. The van der Waals surface area contributed by atoms with Gasteiger partial charge in [-0.15, -0.1) is 11.3 Å². The van der Waals surface area contributed by atoms with Crippen LogP contribution in [0.15, 0.2) is 47.8 Å². The number of aromatic nitrogens is 1. The predicted molar refractivity (Wildman–Crippen MR) is 93.7 cm³/mol. The van der Waals surface area contributed by atoms with E-state index in [1.807, 2.05) is 0 Å². The number of alkyl halides is 3. The summed E-state index contributed by atoms with van der Waals surface area (Å²) < 4.78 is 38.4. The molecule has 3 aromatic rings. The van der Waals surface area contributed by atoms with Gasteiger partial charge >= 0.3 is 6.18 Å². The second-order valence-corrected chi connectivity index (χ2v) is 6.31. The van der Waals surface area contributed by atoms with Gasteiger partial charge in [-0.25, -0.2) is 4.98 Å². The average Bonchev–Trinajstić information content (AvgIpc) is 3.02. The molecular weight excluding hydrogens is 367 g/mol. The molecule has 1 aromatic heterocycles. The molecule has 134 valence electrons. The molecule has 0 bridgehead atoms. The first-order valence-electron chi connectivity index (χ1n) is 7.40. The molecule has 0 aliphatic carbocycles. The van der Waals surface area contributed by atoms with Crippen LogP contribution in [0.4, 0.5) is 29.7 Å². The van der Waals surface area contributed by atoms with Crippen LogP contribution >= 0.6 is 11.3 Å². The lowest BCUT2D eigenvalue weighted by Gasteiger charge is -2.09. The second kappa shape index (κ2) is 6.75. The summed E-state index contributed by atoms with van der Waals surface area (Å²) in [5, 5.41) is 16.0. The van der Waals surface area contributed by atoms with Gasteiger partial charge in [0.15, 0.2) is 5.13 Å². The molecule has 5 nitrogen and oxygen atoms in total. The number of nitro benzene ring substituents is 1. The molecule has 0 aliphatic heterocycles. The summed E-state index contributed by atoms with van der Waals surface area (Å²) in [5.74, 6) is 0. The van der Waals surface area contributed by atoms with E-state index in [0.29, 0.717) is 22.0 Å². The lowest BCUT2D eigenvalue weighted by Crippen LogP contribution is -2.05. The van der Waals surface area contributed by atoms with E-state index in [1.54, 1.807) is 24.4 Å². The summed E-state index contributed by atoms with van der Waals surface area (Å²) in [7, 11) is 0. The lowest BCUT2D eigenvalue weighted by atomic mass is 10.1. The Hall–Kier alpha value is -2.94. The Morgan fingerprint density at radius 3 is 2.62 bits per heavy atom. The highest BCUT2D eigenvalue weighted by Crippen LogP contribution is 2.34. The molecule has 0 spiro atoms. The molecule has 1 N–H and O–H groups in total. The van der Waals surface area contributed by atoms with Gasteiger partial charge in [0.2, 0.25) is 0 Å². The zero-order valence-electron chi connectivity index (χ0n) is 13.4. The van der Waals surface area contributed by atoms with E-state index in [9.17, 15) is 23.3 Å². The molecular formula is C17H12F3N3O2S. The van der Waals surface area contributed by atoms with Crippen LogP contribution in [0, 0.1) is 17.0 Å². The van der Waals surface area contributed by atoms with Crippen molar-refractivity contribution in [2.45, 2.75) is 13.1 Å². The largest absolute Gasteiger partial charge is 0.416 e. The van der Waals surface area contributed by atoms with Gasteiger partial charge in [-0.3, -0.25) is 10.1 Å². The number of benzene rings is 2. The minimum atomic E-state index is -4.42. The molecule has 0 saturated heterocycles.